The molecule has 0 saturated heterocycles. The molecule has 21 heavy (non-hydrogen) atoms. The van der Waals surface area contributed by atoms with Gasteiger partial charge < -0.3 is 4.42 Å². The summed E-state index contributed by atoms with van der Waals surface area (Å²) in [6.07, 6.45) is 1.56. The van der Waals surface area contributed by atoms with Gasteiger partial charge in [0.05, 0.1) is 11.2 Å². The average Bonchev–Trinajstić information content (AvgIpc) is 2.79. The molecule has 2 aromatic rings. The normalized spacial score (nSPS) is 12.1. The Labute approximate surface area is 141 Å². The van der Waals surface area contributed by atoms with Gasteiger partial charge in [-0.15, -0.1) is 0 Å². The van der Waals surface area contributed by atoms with Crippen molar-refractivity contribution >= 4 is 41.9 Å². The minimum atomic E-state index is -3.59. The van der Waals surface area contributed by atoms with Gasteiger partial charge in [-0.25, -0.2) is 8.42 Å². The van der Waals surface area contributed by atoms with E-state index >= 15 is 0 Å². The lowest BCUT2D eigenvalue weighted by molar-refractivity contribution is 0.458. The van der Waals surface area contributed by atoms with Gasteiger partial charge >= 0.3 is 0 Å². The molecule has 0 atom stereocenters. The van der Waals surface area contributed by atoms with Gasteiger partial charge in [-0.3, -0.25) is 0 Å². The van der Waals surface area contributed by atoms with Crippen molar-refractivity contribution in [3.8, 4) is 0 Å². The molecule has 114 valence electrons. The van der Waals surface area contributed by atoms with Crippen LogP contribution < -0.4 is 0 Å². The van der Waals surface area contributed by atoms with Crippen LogP contribution in [0.2, 0.25) is 0 Å². The number of rotatable bonds is 4. The molecule has 0 aliphatic rings. The van der Waals surface area contributed by atoms with E-state index in [0.717, 1.165) is 21.4 Å². The summed E-state index contributed by atoms with van der Waals surface area (Å²) in [6.45, 7) is 3.99. The van der Waals surface area contributed by atoms with Crippen LogP contribution >= 0.6 is 31.9 Å². The Kier molecular flexibility index (Phi) is 4.97. The van der Waals surface area contributed by atoms with E-state index in [1.807, 2.05) is 13.8 Å². The van der Waals surface area contributed by atoms with E-state index in [1.165, 1.54) is 4.31 Å². The number of aryl methyl sites for hydroxylation is 2. The van der Waals surface area contributed by atoms with Gasteiger partial charge in [-0.1, -0.05) is 15.9 Å². The highest BCUT2D eigenvalue weighted by atomic mass is 79.9. The Morgan fingerprint density at radius 3 is 2.43 bits per heavy atom. The second-order valence-electron chi connectivity index (χ2n) is 4.79. The molecule has 1 aromatic heterocycles. The molecule has 0 saturated carbocycles. The number of nitrogens with zero attached hydrogens (tertiary/aromatic N) is 1. The largest absolute Gasteiger partial charge is 0.469 e. The number of hydrogen-bond acceptors (Lipinski definition) is 3. The third kappa shape index (κ3) is 3.41. The third-order valence-electron chi connectivity index (χ3n) is 3.26. The van der Waals surface area contributed by atoms with E-state index in [-0.39, 0.29) is 11.4 Å². The Hall–Kier alpha value is -0.630. The molecular weight excluding hydrogens is 422 g/mol. The smallest absolute Gasteiger partial charge is 0.244 e. The second-order valence-corrected chi connectivity index (χ2v) is 8.52. The lowest BCUT2D eigenvalue weighted by Crippen LogP contribution is -2.27. The summed E-state index contributed by atoms with van der Waals surface area (Å²) < 4.78 is 33.2. The van der Waals surface area contributed by atoms with Gasteiger partial charge in [0.2, 0.25) is 10.0 Å². The third-order valence-corrected chi connectivity index (χ3v) is 6.88. The molecule has 0 radical (unpaired) electrons. The SMILES string of the molecule is Cc1cc(Br)c(S(=O)(=O)N(C)Cc2ccoc2C)cc1Br. The lowest BCUT2D eigenvalue weighted by Gasteiger charge is -2.18. The summed E-state index contributed by atoms with van der Waals surface area (Å²) in [6, 6.07) is 5.18. The molecule has 0 spiro atoms. The zero-order valence-corrected chi connectivity index (χ0v) is 15.8. The van der Waals surface area contributed by atoms with Gasteiger partial charge in [-0.05, 0) is 53.5 Å². The summed E-state index contributed by atoms with van der Waals surface area (Å²) in [5.74, 6) is 0.723. The molecule has 0 unspecified atom stereocenters. The maximum Gasteiger partial charge on any atom is 0.244 e. The van der Waals surface area contributed by atoms with E-state index in [0.29, 0.717) is 4.47 Å². The Balaban J connectivity index is 2.38. The number of hydrogen-bond donors (Lipinski definition) is 0. The van der Waals surface area contributed by atoms with E-state index in [1.54, 1.807) is 31.5 Å². The summed E-state index contributed by atoms with van der Waals surface area (Å²) in [5.41, 5.74) is 1.82. The molecule has 0 aliphatic carbocycles. The molecule has 7 heteroatoms. The van der Waals surface area contributed by atoms with Crippen LogP contribution in [0.15, 0.2) is 42.7 Å². The van der Waals surface area contributed by atoms with Gasteiger partial charge in [-0.2, -0.15) is 4.31 Å². The van der Waals surface area contributed by atoms with E-state index in [9.17, 15) is 8.42 Å². The lowest BCUT2D eigenvalue weighted by atomic mass is 10.2. The summed E-state index contributed by atoms with van der Waals surface area (Å²) in [5, 5.41) is 0. The van der Waals surface area contributed by atoms with Crippen LogP contribution in [0.1, 0.15) is 16.9 Å². The van der Waals surface area contributed by atoms with Crippen LogP contribution in [-0.4, -0.2) is 19.8 Å². The monoisotopic (exact) mass is 435 g/mol. The molecule has 0 fully saturated rings. The number of halogens is 2. The van der Waals surface area contributed by atoms with Crippen molar-refractivity contribution in [2.75, 3.05) is 7.05 Å². The Morgan fingerprint density at radius 2 is 1.86 bits per heavy atom. The first-order chi connectivity index (χ1) is 9.73. The maximum absolute atomic E-state index is 12.7. The van der Waals surface area contributed by atoms with E-state index < -0.39 is 10.0 Å². The van der Waals surface area contributed by atoms with Gasteiger partial charge in [0, 0.05) is 28.1 Å². The highest BCUT2D eigenvalue weighted by molar-refractivity contribution is 9.11. The fourth-order valence-corrected chi connectivity index (χ4v) is 4.68. The van der Waals surface area contributed by atoms with Crippen molar-refractivity contribution in [3.63, 3.8) is 0 Å². The quantitative estimate of drug-likeness (QED) is 0.719. The fraction of sp³-hybridized carbons (Fsp3) is 0.286. The molecule has 4 nitrogen and oxygen atoms in total. The molecular formula is C14H15Br2NO3S. The maximum atomic E-state index is 12.7. The Bertz CT molecular complexity index is 769. The number of furan rings is 1. The molecule has 1 aromatic carbocycles. The van der Waals surface area contributed by atoms with E-state index in [4.69, 9.17) is 4.42 Å². The van der Waals surface area contributed by atoms with Crippen LogP contribution in [0.4, 0.5) is 0 Å². The van der Waals surface area contributed by atoms with Crippen molar-refractivity contribution in [1.82, 2.24) is 4.31 Å². The van der Waals surface area contributed by atoms with Crippen molar-refractivity contribution in [2.24, 2.45) is 0 Å². The van der Waals surface area contributed by atoms with Crippen LogP contribution in [0, 0.1) is 13.8 Å². The van der Waals surface area contributed by atoms with Crippen LogP contribution in [0.3, 0.4) is 0 Å². The van der Waals surface area contributed by atoms with Crippen LogP contribution in [0.5, 0.6) is 0 Å². The number of benzene rings is 1. The predicted octanol–water partition coefficient (Wildman–Crippen LogP) is 4.24. The molecule has 0 N–H and O–H groups in total. The highest BCUT2D eigenvalue weighted by Crippen LogP contribution is 2.31. The van der Waals surface area contributed by atoms with Crippen molar-refractivity contribution in [1.29, 1.82) is 0 Å². The molecule has 2 rings (SSSR count). The van der Waals surface area contributed by atoms with Crippen molar-refractivity contribution in [2.45, 2.75) is 25.3 Å². The molecule has 0 amide bonds. The van der Waals surface area contributed by atoms with Gasteiger partial charge in [0.15, 0.2) is 0 Å². The molecule has 0 aliphatic heterocycles. The van der Waals surface area contributed by atoms with Crippen molar-refractivity contribution in [3.05, 3.63) is 50.3 Å². The first kappa shape index (κ1) is 16.7. The van der Waals surface area contributed by atoms with Gasteiger partial charge in [0.1, 0.15) is 5.76 Å². The average molecular weight is 437 g/mol. The zero-order chi connectivity index (χ0) is 15.8. The zero-order valence-electron chi connectivity index (χ0n) is 11.9. The van der Waals surface area contributed by atoms with E-state index in [2.05, 4.69) is 31.9 Å². The second kappa shape index (κ2) is 6.24. The first-order valence-corrected chi connectivity index (χ1v) is 9.21. The molecule has 0 bridgehead atoms. The Morgan fingerprint density at radius 1 is 1.19 bits per heavy atom. The minimum Gasteiger partial charge on any atom is -0.469 e. The summed E-state index contributed by atoms with van der Waals surface area (Å²) in [4.78, 5) is 0.239. The number of sulfonamides is 1. The predicted molar refractivity (Wildman–Crippen MR) is 88.7 cm³/mol. The minimum absolute atomic E-state index is 0.239. The van der Waals surface area contributed by atoms with Crippen LogP contribution in [-0.2, 0) is 16.6 Å². The first-order valence-electron chi connectivity index (χ1n) is 6.18. The fourth-order valence-electron chi connectivity index (χ4n) is 1.89. The molecule has 1 heterocycles. The summed E-state index contributed by atoms with van der Waals surface area (Å²) in [7, 11) is -2.03. The highest BCUT2D eigenvalue weighted by Gasteiger charge is 2.25. The standard InChI is InChI=1S/C14H15Br2NO3S/c1-9-6-13(16)14(7-12(9)15)21(18,19)17(3)8-11-4-5-20-10(11)2/h4-7H,8H2,1-3H3. The van der Waals surface area contributed by atoms with Crippen molar-refractivity contribution < 1.29 is 12.8 Å². The summed E-state index contributed by atoms with van der Waals surface area (Å²) >= 11 is 6.71. The topological polar surface area (TPSA) is 50.5 Å². The van der Waals surface area contributed by atoms with Gasteiger partial charge in [0.25, 0.3) is 0 Å². The van der Waals surface area contributed by atoms with Crippen LogP contribution in [0.25, 0.3) is 0 Å².